The first-order chi connectivity index (χ1) is 8.40. The van der Waals surface area contributed by atoms with Crippen molar-refractivity contribution in [1.29, 1.82) is 0 Å². The summed E-state index contributed by atoms with van der Waals surface area (Å²) < 4.78 is 1.19. The number of nitrogens with one attached hydrogen (secondary N) is 1. The molecule has 0 spiro atoms. The maximum absolute atomic E-state index is 3.55. The van der Waals surface area contributed by atoms with Gasteiger partial charge >= 0.3 is 0 Å². The Kier molecular flexibility index (Phi) is 6.85. The highest BCUT2D eigenvalue weighted by Crippen LogP contribution is 2.22. The van der Waals surface area contributed by atoms with Crippen molar-refractivity contribution in [3.8, 4) is 0 Å². The van der Waals surface area contributed by atoms with Gasteiger partial charge in [-0.15, -0.1) is 11.3 Å². The van der Waals surface area contributed by atoms with Crippen LogP contribution in [0.15, 0.2) is 15.9 Å². The van der Waals surface area contributed by atoms with Crippen molar-refractivity contribution in [3.05, 3.63) is 20.8 Å². The number of likely N-dealkylation sites (N-methyl/N-ethyl adjacent to an activating group) is 1. The van der Waals surface area contributed by atoms with Crippen LogP contribution in [0.4, 0.5) is 0 Å². The molecule has 2 nitrogen and oxygen atoms in total. The molecule has 0 radical (unpaired) electrons. The summed E-state index contributed by atoms with van der Waals surface area (Å²) in [6, 6.07) is 3.35. The summed E-state index contributed by atoms with van der Waals surface area (Å²) in [6.07, 6.45) is 0. The highest BCUT2D eigenvalue weighted by molar-refractivity contribution is 9.10. The van der Waals surface area contributed by atoms with Crippen molar-refractivity contribution in [3.63, 3.8) is 0 Å². The number of rotatable bonds is 7. The van der Waals surface area contributed by atoms with Crippen molar-refractivity contribution < 1.29 is 0 Å². The molecule has 0 saturated heterocycles. The zero-order chi connectivity index (χ0) is 13.7. The van der Waals surface area contributed by atoms with E-state index in [0.717, 1.165) is 13.1 Å². The minimum absolute atomic E-state index is 0.551. The smallest absolute Gasteiger partial charge is 0.0328 e. The first kappa shape index (κ1) is 16.2. The minimum Gasteiger partial charge on any atom is -0.313 e. The Morgan fingerprint density at radius 1 is 1.33 bits per heavy atom. The SMILES string of the molecule is CC(C)NCC(C(C)C)N(C)Cc1cc(Br)cs1. The molecule has 0 aliphatic heterocycles. The highest BCUT2D eigenvalue weighted by Gasteiger charge is 2.19. The molecule has 18 heavy (non-hydrogen) atoms. The maximum atomic E-state index is 3.55. The van der Waals surface area contributed by atoms with Gasteiger partial charge in [0, 0.05) is 39.9 Å². The minimum atomic E-state index is 0.551. The lowest BCUT2D eigenvalue weighted by Gasteiger charge is -2.32. The largest absolute Gasteiger partial charge is 0.313 e. The average molecular weight is 333 g/mol. The Hall–Kier alpha value is 0.1000. The molecule has 1 N–H and O–H groups in total. The first-order valence-electron chi connectivity index (χ1n) is 6.56. The van der Waals surface area contributed by atoms with E-state index in [1.807, 2.05) is 11.3 Å². The summed E-state index contributed by atoms with van der Waals surface area (Å²) in [4.78, 5) is 3.87. The van der Waals surface area contributed by atoms with Gasteiger partial charge in [-0.3, -0.25) is 4.90 Å². The van der Waals surface area contributed by atoms with Gasteiger partial charge in [-0.1, -0.05) is 27.7 Å². The lowest BCUT2D eigenvalue weighted by atomic mass is 10.0. The van der Waals surface area contributed by atoms with Crippen LogP contribution in [-0.2, 0) is 6.54 Å². The van der Waals surface area contributed by atoms with Crippen molar-refractivity contribution >= 4 is 27.3 Å². The molecule has 1 unspecified atom stereocenters. The monoisotopic (exact) mass is 332 g/mol. The molecule has 0 aromatic carbocycles. The van der Waals surface area contributed by atoms with Crippen molar-refractivity contribution in [2.45, 2.75) is 46.3 Å². The number of hydrogen-bond acceptors (Lipinski definition) is 3. The van der Waals surface area contributed by atoms with Crippen LogP contribution >= 0.6 is 27.3 Å². The second-order valence-electron chi connectivity index (χ2n) is 5.52. The number of halogens is 1. The fourth-order valence-corrected chi connectivity index (χ4v) is 3.57. The fourth-order valence-electron chi connectivity index (χ4n) is 2.06. The molecule has 4 heteroatoms. The van der Waals surface area contributed by atoms with E-state index in [-0.39, 0.29) is 0 Å². The summed E-state index contributed by atoms with van der Waals surface area (Å²) >= 11 is 5.34. The Morgan fingerprint density at radius 2 is 2.00 bits per heavy atom. The van der Waals surface area contributed by atoms with Crippen molar-refractivity contribution in [2.24, 2.45) is 5.92 Å². The highest BCUT2D eigenvalue weighted by atomic mass is 79.9. The van der Waals surface area contributed by atoms with Crippen LogP contribution in [0.1, 0.15) is 32.6 Å². The van der Waals surface area contributed by atoms with Gasteiger partial charge in [-0.05, 0) is 35.0 Å². The maximum Gasteiger partial charge on any atom is 0.0328 e. The van der Waals surface area contributed by atoms with Gasteiger partial charge in [0.15, 0.2) is 0 Å². The van der Waals surface area contributed by atoms with Crippen LogP contribution in [0, 0.1) is 5.92 Å². The van der Waals surface area contributed by atoms with E-state index in [1.54, 1.807) is 0 Å². The van der Waals surface area contributed by atoms with E-state index >= 15 is 0 Å². The van der Waals surface area contributed by atoms with Gasteiger partial charge in [-0.2, -0.15) is 0 Å². The predicted octanol–water partition coefficient (Wildman–Crippen LogP) is 3.97. The zero-order valence-corrected chi connectivity index (χ0v) is 14.4. The predicted molar refractivity (Wildman–Crippen MR) is 85.3 cm³/mol. The Labute approximate surface area is 124 Å². The zero-order valence-electron chi connectivity index (χ0n) is 12.0. The van der Waals surface area contributed by atoms with E-state index in [4.69, 9.17) is 0 Å². The van der Waals surface area contributed by atoms with Crippen LogP contribution in [0.5, 0.6) is 0 Å². The lowest BCUT2D eigenvalue weighted by molar-refractivity contribution is 0.178. The summed E-state index contributed by atoms with van der Waals surface area (Å²) in [5.74, 6) is 0.657. The topological polar surface area (TPSA) is 15.3 Å². The van der Waals surface area contributed by atoms with Gasteiger partial charge in [0.25, 0.3) is 0 Å². The molecule has 0 aliphatic carbocycles. The van der Waals surface area contributed by atoms with E-state index in [0.29, 0.717) is 18.0 Å². The van der Waals surface area contributed by atoms with E-state index < -0.39 is 0 Å². The summed E-state index contributed by atoms with van der Waals surface area (Å²) in [5, 5.41) is 5.70. The molecule has 1 heterocycles. The number of nitrogens with zero attached hydrogens (tertiary/aromatic N) is 1. The molecule has 1 aromatic heterocycles. The van der Waals surface area contributed by atoms with Crippen molar-refractivity contribution in [2.75, 3.05) is 13.6 Å². The third kappa shape index (κ3) is 5.39. The summed E-state index contributed by atoms with van der Waals surface area (Å²) in [7, 11) is 2.22. The van der Waals surface area contributed by atoms with Gasteiger partial charge in [0.2, 0.25) is 0 Å². The molecular weight excluding hydrogens is 308 g/mol. The van der Waals surface area contributed by atoms with Crippen LogP contribution in [0.3, 0.4) is 0 Å². The van der Waals surface area contributed by atoms with Crippen LogP contribution in [0.25, 0.3) is 0 Å². The van der Waals surface area contributed by atoms with Gasteiger partial charge in [0.05, 0.1) is 0 Å². The quantitative estimate of drug-likeness (QED) is 0.812. The normalized spacial score (nSPS) is 13.8. The van der Waals surface area contributed by atoms with Crippen molar-refractivity contribution in [1.82, 2.24) is 10.2 Å². The second kappa shape index (κ2) is 7.63. The molecule has 1 atom stereocenters. The standard InChI is InChI=1S/C14H25BrN2S/c1-10(2)14(7-16-11(3)4)17(5)8-13-6-12(15)9-18-13/h6,9-11,14,16H,7-8H2,1-5H3. The molecule has 0 amide bonds. The van der Waals surface area contributed by atoms with E-state index in [2.05, 4.69) is 72.3 Å². The molecular formula is C14H25BrN2S. The number of hydrogen-bond donors (Lipinski definition) is 1. The third-order valence-electron chi connectivity index (χ3n) is 3.10. The molecule has 0 aliphatic rings. The van der Waals surface area contributed by atoms with Crippen LogP contribution in [-0.4, -0.2) is 30.6 Å². The van der Waals surface area contributed by atoms with E-state index in [9.17, 15) is 0 Å². The van der Waals surface area contributed by atoms with Gasteiger partial charge in [0.1, 0.15) is 0 Å². The molecule has 1 aromatic rings. The molecule has 0 bridgehead atoms. The Morgan fingerprint density at radius 3 is 2.44 bits per heavy atom. The molecule has 104 valence electrons. The average Bonchev–Trinajstić information content (AvgIpc) is 2.63. The fraction of sp³-hybridized carbons (Fsp3) is 0.714. The first-order valence-corrected chi connectivity index (χ1v) is 8.24. The summed E-state index contributed by atoms with van der Waals surface area (Å²) in [6.45, 7) is 11.1. The van der Waals surface area contributed by atoms with Crippen LogP contribution < -0.4 is 5.32 Å². The van der Waals surface area contributed by atoms with Gasteiger partial charge < -0.3 is 5.32 Å². The lowest BCUT2D eigenvalue weighted by Crippen LogP contribution is -2.44. The van der Waals surface area contributed by atoms with Crippen LogP contribution in [0.2, 0.25) is 0 Å². The molecule has 0 fully saturated rings. The second-order valence-corrected chi connectivity index (χ2v) is 7.43. The number of thiophene rings is 1. The van der Waals surface area contributed by atoms with E-state index in [1.165, 1.54) is 9.35 Å². The molecule has 0 saturated carbocycles. The molecule has 1 rings (SSSR count). The van der Waals surface area contributed by atoms with Gasteiger partial charge in [-0.25, -0.2) is 0 Å². The Balaban J connectivity index is 2.56. The summed E-state index contributed by atoms with van der Waals surface area (Å²) in [5.41, 5.74) is 0. The third-order valence-corrected chi connectivity index (χ3v) is 4.78. The Bertz CT molecular complexity index is 349.